The third-order valence-corrected chi connectivity index (χ3v) is 4.82. The predicted molar refractivity (Wildman–Crippen MR) is 87.3 cm³/mol. The van der Waals surface area contributed by atoms with Crippen molar-refractivity contribution >= 4 is 17.6 Å². The lowest BCUT2D eigenvalue weighted by molar-refractivity contribution is -0.122. The zero-order chi connectivity index (χ0) is 16.5. The SMILES string of the molecule is O=C(CN1CCN(c2ccc3c(c2)OCO3)C1=O)NC1CCCC1. The van der Waals surface area contributed by atoms with Crippen molar-refractivity contribution in [2.24, 2.45) is 0 Å². The number of ether oxygens (including phenoxy) is 2. The summed E-state index contributed by atoms with van der Waals surface area (Å²) in [5, 5.41) is 3.03. The van der Waals surface area contributed by atoms with E-state index in [1.54, 1.807) is 15.9 Å². The van der Waals surface area contributed by atoms with Gasteiger partial charge in [-0.25, -0.2) is 4.79 Å². The largest absolute Gasteiger partial charge is 0.454 e. The first-order chi connectivity index (χ1) is 11.7. The number of fused-ring (bicyclic) bond motifs is 1. The summed E-state index contributed by atoms with van der Waals surface area (Å²) < 4.78 is 10.7. The zero-order valence-electron chi connectivity index (χ0n) is 13.5. The van der Waals surface area contributed by atoms with E-state index in [-0.39, 0.29) is 31.3 Å². The molecule has 1 aliphatic carbocycles. The van der Waals surface area contributed by atoms with Crippen LogP contribution in [0.25, 0.3) is 0 Å². The molecule has 1 saturated heterocycles. The quantitative estimate of drug-likeness (QED) is 0.912. The van der Waals surface area contributed by atoms with Gasteiger partial charge in [0.15, 0.2) is 11.5 Å². The second-order valence-electron chi connectivity index (χ2n) is 6.44. The summed E-state index contributed by atoms with van der Waals surface area (Å²) in [6.07, 6.45) is 4.43. The molecular weight excluding hydrogens is 310 g/mol. The maximum Gasteiger partial charge on any atom is 0.325 e. The average Bonchev–Trinajstić information content (AvgIpc) is 3.29. The lowest BCUT2D eigenvalue weighted by Gasteiger charge is -2.20. The summed E-state index contributed by atoms with van der Waals surface area (Å²) >= 11 is 0. The van der Waals surface area contributed by atoms with Gasteiger partial charge < -0.3 is 19.7 Å². The van der Waals surface area contributed by atoms with E-state index in [1.165, 1.54) is 12.8 Å². The van der Waals surface area contributed by atoms with Crippen LogP contribution >= 0.6 is 0 Å². The molecule has 1 saturated carbocycles. The Morgan fingerprint density at radius 1 is 1.17 bits per heavy atom. The van der Waals surface area contributed by atoms with Gasteiger partial charge in [0.05, 0.1) is 0 Å². The van der Waals surface area contributed by atoms with Crippen LogP contribution < -0.4 is 19.7 Å². The molecule has 1 aromatic rings. The van der Waals surface area contributed by atoms with Crippen molar-refractivity contribution in [2.75, 3.05) is 31.3 Å². The third-order valence-electron chi connectivity index (χ3n) is 4.82. The standard InChI is InChI=1S/C17H21N3O4/c21-16(18-12-3-1-2-4-12)10-19-7-8-20(17(19)22)13-5-6-14-15(9-13)24-11-23-14/h5-6,9,12H,1-4,7-8,10-11H2,(H,18,21). The number of hydrogen-bond donors (Lipinski definition) is 1. The number of carbonyl (C=O) groups excluding carboxylic acids is 2. The summed E-state index contributed by atoms with van der Waals surface area (Å²) in [7, 11) is 0. The van der Waals surface area contributed by atoms with Gasteiger partial charge >= 0.3 is 6.03 Å². The molecule has 1 aromatic carbocycles. The summed E-state index contributed by atoms with van der Waals surface area (Å²) in [6, 6.07) is 5.59. The van der Waals surface area contributed by atoms with E-state index in [0.29, 0.717) is 24.6 Å². The van der Waals surface area contributed by atoms with Crippen LogP contribution in [0.1, 0.15) is 25.7 Å². The Morgan fingerprint density at radius 2 is 1.96 bits per heavy atom. The van der Waals surface area contributed by atoms with Gasteiger partial charge in [0, 0.05) is 30.9 Å². The molecule has 3 amide bonds. The van der Waals surface area contributed by atoms with Crippen LogP contribution in [0.2, 0.25) is 0 Å². The van der Waals surface area contributed by atoms with E-state index >= 15 is 0 Å². The molecule has 0 aromatic heterocycles. The number of benzene rings is 1. The first kappa shape index (κ1) is 15.1. The van der Waals surface area contributed by atoms with Crippen LogP contribution in [-0.2, 0) is 4.79 Å². The Kier molecular flexibility index (Phi) is 3.92. The van der Waals surface area contributed by atoms with Gasteiger partial charge in [-0.15, -0.1) is 0 Å². The first-order valence-electron chi connectivity index (χ1n) is 8.46. The molecule has 2 heterocycles. The molecule has 128 valence electrons. The molecule has 4 rings (SSSR count). The number of urea groups is 1. The van der Waals surface area contributed by atoms with Crippen molar-refractivity contribution in [1.29, 1.82) is 0 Å². The molecule has 24 heavy (non-hydrogen) atoms. The number of anilines is 1. The zero-order valence-corrected chi connectivity index (χ0v) is 13.5. The maximum absolute atomic E-state index is 12.6. The summed E-state index contributed by atoms with van der Waals surface area (Å²) in [6.45, 7) is 1.44. The number of hydrogen-bond acceptors (Lipinski definition) is 4. The topological polar surface area (TPSA) is 71.1 Å². The van der Waals surface area contributed by atoms with Gasteiger partial charge in [-0.3, -0.25) is 9.69 Å². The van der Waals surface area contributed by atoms with Crippen molar-refractivity contribution in [2.45, 2.75) is 31.7 Å². The number of nitrogens with one attached hydrogen (secondary N) is 1. The van der Waals surface area contributed by atoms with Crippen LogP contribution in [0.3, 0.4) is 0 Å². The highest BCUT2D eigenvalue weighted by Crippen LogP contribution is 2.36. The Morgan fingerprint density at radius 3 is 2.79 bits per heavy atom. The van der Waals surface area contributed by atoms with Gasteiger partial charge in [0.2, 0.25) is 12.7 Å². The minimum Gasteiger partial charge on any atom is -0.454 e. The molecule has 0 bridgehead atoms. The molecule has 0 atom stereocenters. The fraction of sp³-hybridized carbons (Fsp3) is 0.529. The Balaban J connectivity index is 1.38. The van der Waals surface area contributed by atoms with Crippen LogP contribution in [0, 0.1) is 0 Å². The summed E-state index contributed by atoms with van der Waals surface area (Å²) in [4.78, 5) is 28.0. The van der Waals surface area contributed by atoms with Crippen LogP contribution in [0.5, 0.6) is 11.5 Å². The molecule has 2 fully saturated rings. The van der Waals surface area contributed by atoms with E-state index in [2.05, 4.69) is 5.32 Å². The number of rotatable bonds is 4. The fourth-order valence-electron chi connectivity index (χ4n) is 3.54. The minimum atomic E-state index is -0.143. The molecule has 2 aliphatic heterocycles. The van der Waals surface area contributed by atoms with Crippen LogP contribution in [0.4, 0.5) is 10.5 Å². The third kappa shape index (κ3) is 2.86. The number of nitrogens with zero attached hydrogens (tertiary/aromatic N) is 2. The van der Waals surface area contributed by atoms with E-state index in [0.717, 1.165) is 18.5 Å². The highest BCUT2D eigenvalue weighted by atomic mass is 16.7. The fourth-order valence-corrected chi connectivity index (χ4v) is 3.54. The normalized spacial score (nSPS) is 20.1. The Bertz CT molecular complexity index is 657. The van der Waals surface area contributed by atoms with Gasteiger partial charge in [0.25, 0.3) is 0 Å². The van der Waals surface area contributed by atoms with Gasteiger partial charge in [-0.2, -0.15) is 0 Å². The Hall–Kier alpha value is -2.44. The van der Waals surface area contributed by atoms with Gasteiger partial charge in [-0.1, -0.05) is 12.8 Å². The predicted octanol–water partition coefficient (Wildman–Crippen LogP) is 1.72. The molecule has 3 aliphatic rings. The second-order valence-corrected chi connectivity index (χ2v) is 6.44. The van der Waals surface area contributed by atoms with E-state index in [9.17, 15) is 9.59 Å². The van der Waals surface area contributed by atoms with E-state index in [1.807, 2.05) is 12.1 Å². The van der Waals surface area contributed by atoms with Crippen LogP contribution in [-0.4, -0.2) is 49.3 Å². The highest BCUT2D eigenvalue weighted by molar-refractivity contribution is 5.96. The number of carbonyl (C=O) groups is 2. The van der Waals surface area contributed by atoms with Gasteiger partial charge in [-0.05, 0) is 25.0 Å². The molecule has 7 nitrogen and oxygen atoms in total. The van der Waals surface area contributed by atoms with Crippen molar-refractivity contribution in [3.8, 4) is 11.5 Å². The van der Waals surface area contributed by atoms with Gasteiger partial charge in [0.1, 0.15) is 6.54 Å². The lowest BCUT2D eigenvalue weighted by atomic mass is 10.2. The Labute approximate surface area is 140 Å². The smallest absolute Gasteiger partial charge is 0.325 e. The monoisotopic (exact) mass is 331 g/mol. The second kappa shape index (κ2) is 6.22. The molecule has 0 spiro atoms. The molecule has 0 unspecified atom stereocenters. The van der Waals surface area contributed by atoms with Crippen molar-refractivity contribution in [3.05, 3.63) is 18.2 Å². The van der Waals surface area contributed by atoms with Crippen molar-refractivity contribution < 1.29 is 19.1 Å². The number of amides is 3. The first-order valence-corrected chi connectivity index (χ1v) is 8.46. The minimum absolute atomic E-state index is 0.0669. The summed E-state index contributed by atoms with van der Waals surface area (Å²) in [5.41, 5.74) is 0.767. The lowest BCUT2D eigenvalue weighted by Crippen LogP contribution is -2.42. The molecule has 7 heteroatoms. The molecular formula is C17H21N3O4. The molecule has 1 N–H and O–H groups in total. The van der Waals surface area contributed by atoms with Crippen LogP contribution in [0.15, 0.2) is 18.2 Å². The highest BCUT2D eigenvalue weighted by Gasteiger charge is 2.32. The molecule has 0 radical (unpaired) electrons. The van der Waals surface area contributed by atoms with E-state index < -0.39 is 0 Å². The van der Waals surface area contributed by atoms with E-state index in [4.69, 9.17) is 9.47 Å². The van der Waals surface area contributed by atoms with Crippen molar-refractivity contribution in [1.82, 2.24) is 10.2 Å². The summed E-state index contributed by atoms with van der Waals surface area (Å²) in [5.74, 6) is 1.28. The maximum atomic E-state index is 12.6. The average molecular weight is 331 g/mol. The van der Waals surface area contributed by atoms with Crippen molar-refractivity contribution in [3.63, 3.8) is 0 Å².